The number of phenols is 1. The first-order chi connectivity index (χ1) is 8.24. The molecule has 0 amide bonds. The van der Waals surface area contributed by atoms with Crippen LogP contribution in [0.3, 0.4) is 0 Å². The van der Waals surface area contributed by atoms with Gasteiger partial charge in [-0.25, -0.2) is 0 Å². The first-order valence-corrected chi connectivity index (χ1v) is 6.06. The minimum absolute atomic E-state index is 0.121. The van der Waals surface area contributed by atoms with Crippen molar-refractivity contribution in [1.29, 1.82) is 0 Å². The highest BCUT2D eigenvalue weighted by Crippen LogP contribution is 2.16. The van der Waals surface area contributed by atoms with Crippen LogP contribution in [0.15, 0.2) is 24.3 Å². The van der Waals surface area contributed by atoms with Crippen LogP contribution >= 0.6 is 0 Å². The quantitative estimate of drug-likeness (QED) is 0.827. The summed E-state index contributed by atoms with van der Waals surface area (Å²) in [6.45, 7) is 3.41. The van der Waals surface area contributed by atoms with E-state index in [2.05, 4.69) is 4.90 Å². The second kappa shape index (κ2) is 5.89. The van der Waals surface area contributed by atoms with Gasteiger partial charge in [-0.2, -0.15) is 0 Å². The predicted octanol–water partition coefficient (Wildman–Crippen LogP) is 1.23. The van der Waals surface area contributed by atoms with E-state index in [0.717, 1.165) is 38.2 Å². The van der Waals surface area contributed by atoms with Gasteiger partial charge in [-0.05, 0) is 37.1 Å². The largest absolute Gasteiger partial charge is 0.508 e. The van der Waals surface area contributed by atoms with Crippen molar-refractivity contribution in [3.05, 3.63) is 24.3 Å². The first-order valence-electron chi connectivity index (χ1n) is 6.06. The summed E-state index contributed by atoms with van der Waals surface area (Å²) in [5.41, 5.74) is 0. The minimum atomic E-state index is -0.121. The Balaban J connectivity index is 1.67. The van der Waals surface area contributed by atoms with Gasteiger partial charge in [0.05, 0.1) is 6.10 Å². The molecule has 17 heavy (non-hydrogen) atoms. The summed E-state index contributed by atoms with van der Waals surface area (Å²) < 4.78 is 5.58. The zero-order chi connectivity index (χ0) is 12.1. The molecule has 0 atom stereocenters. The standard InChI is InChI=1S/C13H19NO3/c15-11-1-3-13(4-2-11)17-10-9-14-7-5-12(16)6-8-14/h1-4,12,15-16H,5-10H2. The molecule has 94 valence electrons. The molecule has 1 aromatic carbocycles. The normalized spacial score (nSPS) is 18.2. The van der Waals surface area contributed by atoms with Crippen LogP contribution in [0.2, 0.25) is 0 Å². The van der Waals surface area contributed by atoms with Gasteiger partial charge in [-0.15, -0.1) is 0 Å². The Hall–Kier alpha value is -1.26. The highest BCUT2D eigenvalue weighted by molar-refractivity contribution is 5.29. The second-order valence-electron chi connectivity index (χ2n) is 4.42. The van der Waals surface area contributed by atoms with Crippen molar-refractivity contribution in [2.75, 3.05) is 26.2 Å². The number of rotatable bonds is 4. The molecule has 1 aliphatic heterocycles. The number of phenolic OH excluding ortho intramolecular Hbond substituents is 1. The van der Waals surface area contributed by atoms with Crippen molar-refractivity contribution in [2.45, 2.75) is 18.9 Å². The number of ether oxygens (including phenoxy) is 1. The maximum atomic E-state index is 9.37. The van der Waals surface area contributed by atoms with E-state index in [1.165, 1.54) is 0 Å². The van der Waals surface area contributed by atoms with E-state index in [1.54, 1.807) is 24.3 Å². The molecule has 0 aliphatic carbocycles. The summed E-state index contributed by atoms with van der Waals surface area (Å²) in [7, 11) is 0. The zero-order valence-electron chi connectivity index (χ0n) is 9.88. The van der Waals surface area contributed by atoms with E-state index in [9.17, 15) is 5.11 Å². The van der Waals surface area contributed by atoms with Crippen molar-refractivity contribution in [2.24, 2.45) is 0 Å². The number of hydrogen-bond acceptors (Lipinski definition) is 4. The van der Waals surface area contributed by atoms with Crippen LogP contribution in [0.25, 0.3) is 0 Å². The molecule has 1 aromatic rings. The van der Waals surface area contributed by atoms with Gasteiger partial charge in [0.15, 0.2) is 0 Å². The van der Waals surface area contributed by atoms with Gasteiger partial charge >= 0.3 is 0 Å². The number of aliphatic hydroxyl groups is 1. The van der Waals surface area contributed by atoms with E-state index in [-0.39, 0.29) is 11.9 Å². The molecular weight excluding hydrogens is 218 g/mol. The van der Waals surface area contributed by atoms with Crippen molar-refractivity contribution in [3.8, 4) is 11.5 Å². The lowest BCUT2D eigenvalue weighted by Crippen LogP contribution is -2.38. The van der Waals surface area contributed by atoms with Crippen LogP contribution in [0.5, 0.6) is 11.5 Å². The molecule has 4 heteroatoms. The lowest BCUT2D eigenvalue weighted by Gasteiger charge is -2.29. The Bertz CT molecular complexity index is 331. The molecule has 2 N–H and O–H groups in total. The Morgan fingerprint density at radius 3 is 2.47 bits per heavy atom. The highest BCUT2D eigenvalue weighted by Gasteiger charge is 2.16. The zero-order valence-corrected chi connectivity index (χ0v) is 9.88. The molecule has 0 aromatic heterocycles. The van der Waals surface area contributed by atoms with E-state index < -0.39 is 0 Å². The lowest BCUT2D eigenvalue weighted by molar-refractivity contribution is 0.0755. The number of hydrogen-bond donors (Lipinski definition) is 2. The fraction of sp³-hybridized carbons (Fsp3) is 0.538. The molecule has 0 saturated carbocycles. The molecule has 1 fully saturated rings. The number of nitrogens with zero attached hydrogens (tertiary/aromatic N) is 1. The van der Waals surface area contributed by atoms with Gasteiger partial charge in [0.2, 0.25) is 0 Å². The second-order valence-corrected chi connectivity index (χ2v) is 4.42. The monoisotopic (exact) mass is 237 g/mol. The third-order valence-electron chi connectivity index (χ3n) is 3.07. The molecule has 2 rings (SSSR count). The Kier molecular flexibility index (Phi) is 4.23. The van der Waals surface area contributed by atoms with Crippen LogP contribution in [-0.2, 0) is 0 Å². The Morgan fingerprint density at radius 2 is 1.82 bits per heavy atom. The third kappa shape index (κ3) is 3.91. The van der Waals surface area contributed by atoms with Gasteiger partial charge in [-0.1, -0.05) is 0 Å². The van der Waals surface area contributed by atoms with Crippen molar-refractivity contribution in [1.82, 2.24) is 4.90 Å². The Labute approximate surface area is 101 Å². The smallest absolute Gasteiger partial charge is 0.119 e. The number of benzene rings is 1. The van der Waals surface area contributed by atoms with E-state index in [0.29, 0.717) is 6.61 Å². The molecule has 1 saturated heterocycles. The number of piperidine rings is 1. The molecular formula is C13H19NO3. The van der Waals surface area contributed by atoms with E-state index in [1.807, 2.05) is 0 Å². The van der Waals surface area contributed by atoms with Crippen LogP contribution in [0, 0.1) is 0 Å². The predicted molar refractivity (Wildman–Crippen MR) is 65.3 cm³/mol. The molecule has 1 heterocycles. The fourth-order valence-corrected chi connectivity index (χ4v) is 1.98. The van der Waals surface area contributed by atoms with Gasteiger partial charge in [-0.3, -0.25) is 4.90 Å². The minimum Gasteiger partial charge on any atom is -0.508 e. The number of likely N-dealkylation sites (tertiary alicyclic amines) is 1. The first kappa shape index (κ1) is 12.2. The molecule has 0 spiro atoms. The lowest BCUT2D eigenvalue weighted by atomic mass is 10.1. The molecule has 1 aliphatic rings. The maximum Gasteiger partial charge on any atom is 0.119 e. The molecule has 0 unspecified atom stereocenters. The summed E-state index contributed by atoms with van der Waals surface area (Å²) in [6.07, 6.45) is 1.60. The van der Waals surface area contributed by atoms with Crippen molar-refractivity contribution < 1.29 is 14.9 Å². The summed E-state index contributed by atoms with van der Waals surface area (Å²) in [5.74, 6) is 1.03. The molecule has 0 bridgehead atoms. The van der Waals surface area contributed by atoms with Gasteiger partial charge in [0.1, 0.15) is 18.1 Å². The van der Waals surface area contributed by atoms with Gasteiger partial charge in [0, 0.05) is 19.6 Å². The number of aliphatic hydroxyl groups excluding tert-OH is 1. The molecule has 0 radical (unpaired) electrons. The van der Waals surface area contributed by atoms with Crippen LogP contribution in [-0.4, -0.2) is 47.5 Å². The highest BCUT2D eigenvalue weighted by atomic mass is 16.5. The maximum absolute atomic E-state index is 9.37. The van der Waals surface area contributed by atoms with E-state index >= 15 is 0 Å². The average Bonchev–Trinajstić information content (AvgIpc) is 2.34. The summed E-state index contributed by atoms with van der Waals surface area (Å²) in [4.78, 5) is 2.30. The topological polar surface area (TPSA) is 52.9 Å². The molecule has 4 nitrogen and oxygen atoms in total. The van der Waals surface area contributed by atoms with Crippen LogP contribution in [0.4, 0.5) is 0 Å². The van der Waals surface area contributed by atoms with E-state index in [4.69, 9.17) is 9.84 Å². The van der Waals surface area contributed by atoms with Crippen LogP contribution < -0.4 is 4.74 Å². The summed E-state index contributed by atoms with van der Waals surface area (Å²) in [5, 5.41) is 18.5. The number of aromatic hydroxyl groups is 1. The third-order valence-corrected chi connectivity index (χ3v) is 3.07. The van der Waals surface area contributed by atoms with Gasteiger partial charge < -0.3 is 14.9 Å². The average molecular weight is 237 g/mol. The fourth-order valence-electron chi connectivity index (χ4n) is 1.98. The summed E-state index contributed by atoms with van der Waals surface area (Å²) >= 11 is 0. The van der Waals surface area contributed by atoms with Gasteiger partial charge in [0.25, 0.3) is 0 Å². The Morgan fingerprint density at radius 1 is 1.18 bits per heavy atom. The SMILES string of the molecule is Oc1ccc(OCCN2CCC(O)CC2)cc1. The van der Waals surface area contributed by atoms with Crippen LogP contribution in [0.1, 0.15) is 12.8 Å². The van der Waals surface area contributed by atoms with Crippen molar-refractivity contribution >= 4 is 0 Å². The van der Waals surface area contributed by atoms with Crippen molar-refractivity contribution in [3.63, 3.8) is 0 Å². The summed E-state index contributed by atoms with van der Waals surface area (Å²) in [6, 6.07) is 6.75.